The van der Waals surface area contributed by atoms with Crippen LogP contribution in [0.1, 0.15) is 22.9 Å². The monoisotopic (exact) mass is 627 g/mol. The van der Waals surface area contributed by atoms with Crippen molar-refractivity contribution < 1.29 is 4.42 Å². The van der Waals surface area contributed by atoms with Gasteiger partial charge in [0, 0.05) is 27.5 Å². The van der Waals surface area contributed by atoms with Gasteiger partial charge in [-0.15, -0.1) is 0 Å². The first-order valence-corrected chi connectivity index (χ1v) is 16.6. The van der Waals surface area contributed by atoms with Crippen LogP contribution in [-0.4, -0.2) is 11.7 Å². The van der Waals surface area contributed by atoms with E-state index in [1.807, 2.05) is 18.2 Å². The van der Waals surface area contributed by atoms with Gasteiger partial charge in [-0.3, -0.25) is 0 Å². The third kappa shape index (κ3) is 4.61. The van der Waals surface area contributed by atoms with E-state index in [0.29, 0.717) is 0 Å². The van der Waals surface area contributed by atoms with E-state index in [1.165, 1.54) is 38.1 Å². The molecular weight excluding hydrogens is 599 g/mol. The molecule has 0 amide bonds. The van der Waals surface area contributed by atoms with Gasteiger partial charge in [0.15, 0.2) is 6.17 Å². The molecule has 4 nitrogen and oxygen atoms in total. The van der Waals surface area contributed by atoms with E-state index in [0.717, 1.165) is 55.7 Å². The van der Waals surface area contributed by atoms with Crippen molar-refractivity contribution in [2.75, 3.05) is 0 Å². The fourth-order valence-electron chi connectivity index (χ4n) is 7.32. The average Bonchev–Trinajstić information content (AvgIpc) is 3.55. The van der Waals surface area contributed by atoms with Crippen molar-refractivity contribution in [1.82, 2.24) is 5.32 Å². The van der Waals surface area contributed by atoms with Gasteiger partial charge in [-0.05, 0) is 67.7 Å². The Morgan fingerprint density at radius 2 is 1.10 bits per heavy atom. The Morgan fingerprint density at radius 3 is 2.00 bits per heavy atom. The number of aliphatic imine (C=N–C) groups is 2. The van der Waals surface area contributed by atoms with Crippen molar-refractivity contribution in [3.05, 3.63) is 180 Å². The molecule has 0 radical (unpaired) electrons. The SMILES string of the molecule is c1ccc(-c2cc3ccccc3c3ccc(C4=NC(c5ccc6c(c5)oc5ccccc56)N=C(c5cccc6ccccc56)N4)cc23)cc1. The molecule has 1 aliphatic rings. The maximum Gasteiger partial charge on any atom is 0.169 e. The Morgan fingerprint density at radius 1 is 0.408 bits per heavy atom. The van der Waals surface area contributed by atoms with Crippen LogP contribution in [0.2, 0.25) is 0 Å². The number of furan rings is 1. The number of hydrogen-bond donors (Lipinski definition) is 1. The van der Waals surface area contributed by atoms with Crippen LogP contribution in [0, 0.1) is 0 Å². The number of nitrogens with zero attached hydrogens (tertiary/aromatic N) is 2. The molecule has 1 aromatic heterocycles. The lowest BCUT2D eigenvalue weighted by Crippen LogP contribution is -2.36. The fraction of sp³-hybridized carbons (Fsp3) is 0.0222. The van der Waals surface area contributed by atoms with Gasteiger partial charge in [-0.2, -0.15) is 0 Å². The van der Waals surface area contributed by atoms with Crippen LogP contribution in [0.5, 0.6) is 0 Å². The van der Waals surface area contributed by atoms with Gasteiger partial charge >= 0.3 is 0 Å². The van der Waals surface area contributed by atoms with Crippen LogP contribution >= 0.6 is 0 Å². The van der Waals surface area contributed by atoms with Crippen molar-refractivity contribution in [3.8, 4) is 11.1 Å². The van der Waals surface area contributed by atoms with E-state index in [4.69, 9.17) is 14.4 Å². The highest BCUT2D eigenvalue weighted by atomic mass is 16.3. The van der Waals surface area contributed by atoms with Gasteiger partial charge in [0.25, 0.3) is 0 Å². The van der Waals surface area contributed by atoms with Crippen LogP contribution in [0.15, 0.2) is 178 Å². The molecule has 0 saturated heterocycles. The van der Waals surface area contributed by atoms with E-state index in [-0.39, 0.29) is 0 Å². The predicted octanol–water partition coefficient (Wildman–Crippen LogP) is 11.2. The number of amidine groups is 2. The first-order chi connectivity index (χ1) is 24.3. The number of nitrogens with one attached hydrogen (secondary N) is 1. The zero-order chi connectivity index (χ0) is 32.3. The maximum absolute atomic E-state index is 6.29. The fourth-order valence-corrected chi connectivity index (χ4v) is 7.32. The minimum absolute atomic E-state index is 0.469. The normalized spacial score (nSPS) is 14.7. The molecule has 1 aliphatic heterocycles. The minimum Gasteiger partial charge on any atom is -0.456 e. The van der Waals surface area contributed by atoms with E-state index >= 15 is 0 Å². The largest absolute Gasteiger partial charge is 0.456 e. The van der Waals surface area contributed by atoms with E-state index in [9.17, 15) is 0 Å². The summed E-state index contributed by atoms with van der Waals surface area (Å²) >= 11 is 0. The second kappa shape index (κ2) is 11.0. The third-order valence-corrected chi connectivity index (χ3v) is 9.70. The third-order valence-electron chi connectivity index (χ3n) is 9.70. The van der Waals surface area contributed by atoms with Crippen molar-refractivity contribution in [3.63, 3.8) is 0 Å². The molecular formula is C45H29N3O. The highest BCUT2D eigenvalue weighted by Gasteiger charge is 2.23. The number of rotatable bonds is 4. The first-order valence-electron chi connectivity index (χ1n) is 16.6. The molecule has 0 fully saturated rings. The Balaban J connectivity index is 1.17. The molecule has 9 aromatic rings. The van der Waals surface area contributed by atoms with Gasteiger partial charge in [0.05, 0.1) is 0 Å². The van der Waals surface area contributed by atoms with Crippen LogP contribution in [0.3, 0.4) is 0 Å². The average molecular weight is 628 g/mol. The van der Waals surface area contributed by atoms with Crippen LogP contribution in [0.4, 0.5) is 0 Å². The zero-order valence-electron chi connectivity index (χ0n) is 26.5. The quantitative estimate of drug-likeness (QED) is 0.197. The molecule has 0 bridgehead atoms. The second-order valence-electron chi connectivity index (χ2n) is 12.6. The van der Waals surface area contributed by atoms with Gasteiger partial charge < -0.3 is 9.73 Å². The summed E-state index contributed by atoms with van der Waals surface area (Å²) in [5.74, 6) is 1.57. The summed E-state index contributed by atoms with van der Waals surface area (Å²) in [5.41, 5.74) is 7.11. The van der Waals surface area contributed by atoms with Gasteiger partial charge in [-0.1, -0.05) is 140 Å². The summed E-state index contributed by atoms with van der Waals surface area (Å²) in [6.07, 6.45) is -0.469. The topological polar surface area (TPSA) is 49.9 Å². The molecule has 0 aliphatic carbocycles. The maximum atomic E-state index is 6.29. The molecule has 10 rings (SSSR count). The summed E-state index contributed by atoms with van der Waals surface area (Å²) in [6, 6.07) is 57.6. The lowest BCUT2D eigenvalue weighted by atomic mass is 9.92. The molecule has 230 valence electrons. The molecule has 2 heterocycles. The Kier molecular flexibility index (Phi) is 6.21. The number of para-hydroxylation sites is 1. The van der Waals surface area contributed by atoms with Gasteiger partial charge in [0.2, 0.25) is 0 Å². The van der Waals surface area contributed by atoms with E-state index < -0.39 is 6.17 Å². The number of hydrogen-bond acceptors (Lipinski definition) is 4. The summed E-state index contributed by atoms with van der Waals surface area (Å²) in [6.45, 7) is 0. The molecule has 0 spiro atoms. The van der Waals surface area contributed by atoms with Crippen LogP contribution < -0.4 is 5.32 Å². The highest BCUT2D eigenvalue weighted by molar-refractivity contribution is 6.22. The van der Waals surface area contributed by atoms with Crippen molar-refractivity contribution in [1.29, 1.82) is 0 Å². The summed E-state index contributed by atoms with van der Waals surface area (Å²) in [7, 11) is 0. The Labute approximate surface area is 282 Å². The summed E-state index contributed by atoms with van der Waals surface area (Å²) < 4.78 is 6.29. The Bertz CT molecular complexity index is 2800. The first kappa shape index (κ1) is 27.6. The molecule has 1 atom stereocenters. The molecule has 0 saturated carbocycles. The lowest BCUT2D eigenvalue weighted by Gasteiger charge is -2.23. The molecule has 49 heavy (non-hydrogen) atoms. The van der Waals surface area contributed by atoms with Gasteiger partial charge in [0.1, 0.15) is 22.8 Å². The standard InChI is InChI=1S/C45H29N3O/c1-2-11-29(12-3-1)39-25-30-14-5-7-17-34(30)35-23-21-31(26-40(35)39)43-46-44(32-22-24-37-36-18-8-9-20-41(36)49-42(37)27-32)48-45(47-43)38-19-10-15-28-13-4-6-16-33(28)38/h1-27,44H,(H,46,47,48). The smallest absolute Gasteiger partial charge is 0.169 e. The van der Waals surface area contributed by atoms with Crippen molar-refractivity contribution >= 4 is 65.9 Å². The molecule has 4 heteroatoms. The van der Waals surface area contributed by atoms with Crippen LogP contribution in [-0.2, 0) is 0 Å². The molecule has 1 unspecified atom stereocenters. The summed E-state index contributed by atoms with van der Waals surface area (Å²) in [4.78, 5) is 10.5. The molecule has 8 aromatic carbocycles. The van der Waals surface area contributed by atoms with E-state index in [2.05, 4.69) is 151 Å². The minimum atomic E-state index is -0.469. The van der Waals surface area contributed by atoms with Crippen molar-refractivity contribution in [2.24, 2.45) is 9.98 Å². The highest BCUT2D eigenvalue weighted by Crippen LogP contribution is 2.37. The molecule has 1 N–H and O–H groups in total. The zero-order valence-corrected chi connectivity index (χ0v) is 26.5. The number of fused-ring (bicyclic) bond motifs is 7. The Hall–Kier alpha value is -6.52. The van der Waals surface area contributed by atoms with Gasteiger partial charge in [-0.25, -0.2) is 9.98 Å². The van der Waals surface area contributed by atoms with E-state index in [1.54, 1.807) is 0 Å². The summed E-state index contributed by atoms with van der Waals surface area (Å²) in [5, 5.41) is 13.0. The predicted molar refractivity (Wildman–Crippen MR) is 204 cm³/mol. The second-order valence-corrected chi connectivity index (χ2v) is 12.6. The van der Waals surface area contributed by atoms with Crippen LogP contribution in [0.25, 0.3) is 65.4 Å². The number of benzene rings is 8. The lowest BCUT2D eigenvalue weighted by molar-refractivity contribution is 0.665. The van der Waals surface area contributed by atoms with Crippen molar-refractivity contribution in [2.45, 2.75) is 6.17 Å².